The van der Waals surface area contributed by atoms with Crippen LogP contribution >= 0.6 is 0 Å². The van der Waals surface area contributed by atoms with Crippen LogP contribution in [0.5, 0.6) is 5.75 Å². The number of nitro groups is 1. The molecule has 0 amide bonds. The molecule has 0 unspecified atom stereocenters. The Morgan fingerprint density at radius 1 is 1.05 bits per heavy atom. The zero-order valence-electron chi connectivity index (χ0n) is 22.3. The summed E-state index contributed by atoms with van der Waals surface area (Å²) in [4.78, 5) is 48.0. The van der Waals surface area contributed by atoms with Crippen LogP contribution < -0.4 is 4.74 Å². The Morgan fingerprint density at radius 2 is 1.65 bits per heavy atom. The van der Waals surface area contributed by atoms with Gasteiger partial charge in [0.15, 0.2) is 5.60 Å². The minimum Gasteiger partial charge on any atom is -0.494 e. The zero-order chi connectivity index (χ0) is 30.0. The van der Waals surface area contributed by atoms with Crippen LogP contribution in [0.25, 0.3) is 11.0 Å². The predicted octanol–water partition coefficient (Wildman–Crippen LogP) is 2.25. The number of carboxylic acid groups (broad SMARTS) is 3. The summed E-state index contributed by atoms with van der Waals surface area (Å²) in [7, 11) is 4.05. The molecule has 40 heavy (non-hydrogen) atoms. The van der Waals surface area contributed by atoms with E-state index in [1.54, 1.807) is 12.1 Å². The number of aromatic nitrogens is 2. The van der Waals surface area contributed by atoms with Gasteiger partial charge in [0.05, 0.1) is 35.4 Å². The molecule has 14 heteroatoms. The number of hydrogen-bond acceptors (Lipinski definition) is 9. The first kappa shape index (κ1) is 31.7. The molecule has 0 spiro atoms. The maximum atomic E-state index is 11.1. The molecule has 0 radical (unpaired) electrons. The zero-order valence-corrected chi connectivity index (χ0v) is 22.3. The molecule has 0 fully saturated rings. The molecule has 4 N–H and O–H groups in total. The standard InChI is InChI=1S/C20H24N4O3.C6H8O7/c1-4-27-17-8-5-15(6-9-17)13-20-21-18-14-16(24(25)26)7-10-19(18)23(20)12-11-22(2)3;7-3(8)1-6(13,5(11)12)2-4(9)10/h5-10,14H,4,11-13H2,1-3H3;13H,1-2H2,(H,7,8)(H,9,10)(H,11,12). The minimum absolute atomic E-state index is 0.0624. The number of rotatable bonds is 13. The van der Waals surface area contributed by atoms with Gasteiger partial charge in [-0.05, 0) is 44.8 Å². The molecule has 1 heterocycles. The Bertz CT molecular complexity index is 1340. The molecular weight excluding hydrogens is 528 g/mol. The quantitative estimate of drug-likeness (QED) is 0.175. The SMILES string of the molecule is CCOc1ccc(Cc2nc3cc([N+](=O)[O-])ccc3n2CCN(C)C)cc1.O=C(O)CC(O)(CC(=O)O)C(=O)O. The number of nitro benzene ring substituents is 1. The lowest BCUT2D eigenvalue weighted by molar-refractivity contribution is -0.384. The predicted molar refractivity (Wildman–Crippen MR) is 142 cm³/mol. The summed E-state index contributed by atoms with van der Waals surface area (Å²) in [6, 6.07) is 12.8. The van der Waals surface area contributed by atoms with Crippen molar-refractivity contribution in [1.29, 1.82) is 0 Å². The molecule has 0 saturated heterocycles. The van der Waals surface area contributed by atoms with Gasteiger partial charge >= 0.3 is 17.9 Å². The third-order valence-corrected chi connectivity index (χ3v) is 5.67. The summed E-state index contributed by atoms with van der Waals surface area (Å²) >= 11 is 0. The fourth-order valence-electron chi connectivity index (χ4n) is 3.73. The Morgan fingerprint density at radius 3 is 2.12 bits per heavy atom. The van der Waals surface area contributed by atoms with Crippen molar-refractivity contribution in [2.45, 2.75) is 38.3 Å². The summed E-state index contributed by atoms with van der Waals surface area (Å²) < 4.78 is 7.64. The summed E-state index contributed by atoms with van der Waals surface area (Å²) in [6.07, 6.45) is -1.63. The van der Waals surface area contributed by atoms with E-state index < -0.39 is 36.4 Å². The number of hydrogen-bond donors (Lipinski definition) is 4. The van der Waals surface area contributed by atoms with Crippen LogP contribution in [-0.2, 0) is 27.3 Å². The Hall–Kier alpha value is -4.56. The van der Waals surface area contributed by atoms with E-state index in [4.69, 9.17) is 30.1 Å². The van der Waals surface area contributed by atoms with E-state index in [2.05, 4.69) is 9.47 Å². The van der Waals surface area contributed by atoms with Crippen molar-refractivity contribution in [3.05, 3.63) is 64.0 Å². The van der Waals surface area contributed by atoms with E-state index in [1.807, 2.05) is 45.3 Å². The van der Waals surface area contributed by atoms with Gasteiger partial charge < -0.3 is 34.6 Å². The molecule has 1 aromatic heterocycles. The van der Waals surface area contributed by atoms with Crippen molar-refractivity contribution < 1.29 is 44.5 Å². The Labute approximate surface area is 229 Å². The van der Waals surface area contributed by atoms with Crippen LogP contribution in [0.1, 0.15) is 31.2 Å². The lowest BCUT2D eigenvalue weighted by Gasteiger charge is -2.18. The molecule has 3 rings (SSSR count). The van der Waals surface area contributed by atoms with Crippen LogP contribution in [0.2, 0.25) is 0 Å². The number of benzene rings is 2. The van der Waals surface area contributed by atoms with Gasteiger partial charge in [-0.2, -0.15) is 0 Å². The highest BCUT2D eigenvalue weighted by molar-refractivity contribution is 5.88. The smallest absolute Gasteiger partial charge is 0.336 e. The second-order valence-electron chi connectivity index (χ2n) is 9.14. The summed E-state index contributed by atoms with van der Waals surface area (Å²) in [6.45, 7) is 4.23. The lowest BCUT2D eigenvalue weighted by atomic mass is 9.96. The van der Waals surface area contributed by atoms with Crippen LogP contribution in [0.3, 0.4) is 0 Å². The van der Waals surface area contributed by atoms with Crippen molar-refractivity contribution in [2.24, 2.45) is 0 Å². The topological polar surface area (TPSA) is 206 Å². The van der Waals surface area contributed by atoms with Crippen LogP contribution in [0.4, 0.5) is 5.69 Å². The molecular formula is C26H32N4O10. The molecule has 0 aliphatic carbocycles. The number of aliphatic carboxylic acids is 3. The third-order valence-electron chi connectivity index (χ3n) is 5.67. The highest BCUT2D eigenvalue weighted by atomic mass is 16.6. The van der Waals surface area contributed by atoms with Gasteiger partial charge in [0.1, 0.15) is 11.6 Å². The van der Waals surface area contributed by atoms with Crippen LogP contribution in [-0.4, -0.2) is 90.6 Å². The summed E-state index contributed by atoms with van der Waals surface area (Å²) in [5, 5.41) is 44.9. The van der Waals surface area contributed by atoms with E-state index in [-0.39, 0.29) is 10.6 Å². The summed E-state index contributed by atoms with van der Waals surface area (Å²) in [5.74, 6) is -3.27. The summed E-state index contributed by atoms with van der Waals surface area (Å²) in [5.41, 5.74) is 0.0199. The average Bonchev–Trinajstić information content (AvgIpc) is 3.19. The number of ether oxygens (including phenoxy) is 1. The molecule has 0 saturated carbocycles. The van der Waals surface area contributed by atoms with Crippen molar-refractivity contribution in [3.8, 4) is 5.75 Å². The van der Waals surface area contributed by atoms with E-state index >= 15 is 0 Å². The largest absolute Gasteiger partial charge is 0.494 e. The fraction of sp³-hybridized carbons (Fsp3) is 0.385. The van der Waals surface area contributed by atoms with Gasteiger partial charge in [-0.1, -0.05) is 12.1 Å². The van der Waals surface area contributed by atoms with Crippen LogP contribution in [0, 0.1) is 10.1 Å². The first-order valence-corrected chi connectivity index (χ1v) is 12.1. The molecule has 3 aromatic rings. The Balaban J connectivity index is 0.000000366. The second kappa shape index (κ2) is 14.0. The molecule has 14 nitrogen and oxygen atoms in total. The molecule has 0 atom stereocenters. The third kappa shape index (κ3) is 9.03. The number of likely N-dealkylation sites (N-methyl/N-ethyl adjacent to an activating group) is 1. The second-order valence-corrected chi connectivity index (χ2v) is 9.14. The van der Waals surface area contributed by atoms with Crippen LogP contribution in [0.15, 0.2) is 42.5 Å². The van der Waals surface area contributed by atoms with E-state index in [0.717, 1.165) is 35.7 Å². The molecule has 0 bridgehead atoms. The van der Waals surface area contributed by atoms with E-state index in [9.17, 15) is 24.5 Å². The van der Waals surface area contributed by atoms with Gasteiger partial charge in [0, 0.05) is 31.6 Å². The molecule has 0 aliphatic heterocycles. The first-order valence-electron chi connectivity index (χ1n) is 12.1. The van der Waals surface area contributed by atoms with Gasteiger partial charge in [0.2, 0.25) is 0 Å². The number of aliphatic hydroxyl groups is 1. The number of nitrogens with zero attached hydrogens (tertiary/aromatic N) is 4. The van der Waals surface area contributed by atoms with E-state index in [0.29, 0.717) is 18.5 Å². The minimum atomic E-state index is -2.74. The lowest BCUT2D eigenvalue weighted by Crippen LogP contribution is -2.42. The van der Waals surface area contributed by atoms with Gasteiger partial charge in [-0.15, -0.1) is 0 Å². The highest BCUT2D eigenvalue weighted by Crippen LogP contribution is 2.24. The fourth-order valence-corrected chi connectivity index (χ4v) is 3.73. The van der Waals surface area contributed by atoms with Gasteiger partial charge in [0.25, 0.3) is 5.69 Å². The van der Waals surface area contributed by atoms with Crippen molar-refractivity contribution in [3.63, 3.8) is 0 Å². The Kier molecular flexibility index (Phi) is 11.1. The monoisotopic (exact) mass is 560 g/mol. The van der Waals surface area contributed by atoms with Crippen molar-refractivity contribution >= 4 is 34.6 Å². The van der Waals surface area contributed by atoms with Gasteiger partial charge in [-0.25, -0.2) is 9.78 Å². The number of carboxylic acids is 3. The first-order chi connectivity index (χ1) is 18.7. The molecule has 0 aliphatic rings. The molecule has 2 aromatic carbocycles. The maximum absolute atomic E-state index is 11.1. The van der Waals surface area contributed by atoms with E-state index in [1.165, 1.54) is 6.07 Å². The number of imidazole rings is 1. The average molecular weight is 561 g/mol. The van der Waals surface area contributed by atoms with Crippen molar-refractivity contribution in [2.75, 3.05) is 27.2 Å². The number of non-ortho nitro benzene ring substituents is 1. The number of carbonyl (C=O) groups is 3. The molecule has 216 valence electrons. The number of fused-ring (bicyclic) bond motifs is 1. The highest BCUT2D eigenvalue weighted by Gasteiger charge is 2.40. The maximum Gasteiger partial charge on any atom is 0.336 e. The normalized spacial score (nSPS) is 11.1. The van der Waals surface area contributed by atoms with Gasteiger partial charge in [-0.3, -0.25) is 19.7 Å². The van der Waals surface area contributed by atoms with Crippen molar-refractivity contribution in [1.82, 2.24) is 14.5 Å².